The lowest BCUT2D eigenvalue weighted by molar-refractivity contribution is 0.963. The van der Waals surface area contributed by atoms with Crippen molar-refractivity contribution in [2.24, 2.45) is 0 Å². The molecule has 3 rings (SSSR count). The van der Waals surface area contributed by atoms with E-state index in [1.165, 1.54) is 22.5 Å². The average molecular weight is 259 g/mol. The van der Waals surface area contributed by atoms with Crippen LogP contribution in [0.1, 0.15) is 0 Å². The summed E-state index contributed by atoms with van der Waals surface area (Å²) in [6.45, 7) is 0. The van der Waals surface area contributed by atoms with Crippen LogP contribution in [0, 0.1) is 0 Å². The van der Waals surface area contributed by atoms with Crippen LogP contribution in [0.15, 0.2) is 51.4 Å². The number of H-pyrrole nitrogens is 1. The number of para-hydroxylation sites is 1. The van der Waals surface area contributed by atoms with Gasteiger partial charge in [0.05, 0.1) is 0 Å². The Morgan fingerprint density at radius 1 is 1.33 bits per heavy atom. The quantitative estimate of drug-likeness (QED) is 0.532. The molecule has 0 saturated heterocycles. The number of nitrogens with one attached hydrogen (secondary N) is 1. The molecule has 0 fully saturated rings. The van der Waals surface area contributed by atoms with E-state index >= 15 is 0 Å². The fraction of sp³-hybridized carbons (Fsp3) is 0. The Hall–Kier alpha value is -2.28. The predicted molar refractivity (Wildman–Crippen MR) is 68.6 cm³/mol. The molecule has 0 aliphatic rings. The van der Waals surface area contributed by atoms with Gasteiger partial charge in [0.15, 0.2) is 5.65 Å². The fourth-order valence-corrected chi connectivity index (χ4v) is 2.36. The second-order valence-electron chi connectivity index (χ2n) is 3.62. The van der Waals surface area contributed by atoms with Crippen LogP contribution in [0.5, 0.6) is 0 Å². The molecule has 0 aliphatic heterocycles. The highest BCUT2D eigenvalue weighted by Gasteiger charge is 2.05. The van der Waals surface area contributed by atoms with Gasteiger partial charge in [-0.05, 0) is 12.1 Å². The van der Waals surface area contributed by atoms with Crippen molar-refractivity contribution in [3.8, 4) is 0 Å². The average Bonchev–Trinajstić information content (AvgIpc) is 2.74. The Morgan fingerprint density at radius 2 is 2.17 bits per heavy atom. The Labute approximate surface area is 106 Å². The molecule has 0 unspecified atom stereocenters. The van der Waals surface area contributed by atoms with Crippen LogP contribution in [0.4, 0.5) is 5.69 Å². The van der Waals surface area contributed by atoms with Crippen LogP contribution in [0.3, 0.4) is 0 Å². The Morgan fingerprint density at radius 3 is 3.00 bits per heavy atom. The van der Waals surface area contributed by atoms with E-state index in [0.29, 0.717) is 11.3 Å². The van der Waals surface area contributed by atoms with E-state index in [4.69, 9.17) is 5.73 Å². The lowest BCUT2D eigenvalue weighted by Gasteiger charge is -2.03. The van der Waals surface area contributed by atoms with Crippen molar-refractivity contribution in [2.75, 3.05) is 5.73 Å². The minimum atomic E-state index is -0.298. The number of hydrogen-bond acceptors (Lipinski definition) is 5. The van der Waals surface area contributed by atoms with Crippen molar-refractivity contribution in [2.45, 2.75) is 9.92 Å². The molecule has 18 heavy (non-hydrogen) atoms. The molecule has 2 heterocycles. The van der Waals surface area contributed by atoms with E-state index < -0.39 is 0 Å². The molecule has 7 heteroatoms. The van der Waals surface area contributed by atoms with Gasteiger partial charge in [-0.25, -0.2) is 19.3 Å². The van der Waals surface area contributed by atoms with E-state index in [-0.39, 0.29) is 5.69 Å². The summed E-state index contributed by atoms with van der Waals surface area (Å²) in [5.74, 6) is 0. The zero-order chi connectivity index (χ0) is 12.5. The summed E-state index contributed by atoms with van der Waals surface area (Å²) in [4.78, 5) is 16.4. The largest absolute Gasteiger partial charge is 0.398 e. The summed E-state index contributed by atoms with van der Waals surface area (Å²) in [7, 11) is 0. The zero-order valence-corrected chi connectivity index (χ0v) is 10.0. The minimum Gasteiger partial charge on any atom is -0.398 e. The standard InChI is InChI=1S/C11H9N5OS/c12-7-3-1-2-4-8(7)18-10-5-9-14-15-11(17)16(9)6-13-10/h1-6H,12H2,(H,15,17). The van der Waals surface area contributed by atoms with Crippen molar-refractivity contribution in [1.82, 2.24) is 19.6 Å². The molecular weight excluding hydrogens is 250 g/mol. The van der Waals surface area contributed by atoms with Gasteiger partial charge in [0, 0.05) is 16.6 Å². The summed E-state index contributed by atoms with van der Waals surface area (Å²) in [5, 5.41) is 6.98. The molecule has 0 radical (unpaired) electrons. The molecule has 3 N–H and O–H groups in total. The van der Waals surface area contributed by atoms with E-state index in [1.807, 2.05) is 24.3 Å². The zero-order valence-electron chi connectivity index (χ0n) is 9.20. The summed E-state index contributed by atoms with van der Waals surface area (Å²) in [5.41, 5.74) is 6.79. The van der Waals surface area contributed by atoms with Crippen molar-refractivity contribution in [1.29, 1.82) is 0 Å². The molecule has 3 aromatic rings. The summed E-state index contributed by atoms with van der Waals surface area (Å²) in [6.07, 6.45) is 1.45. The van der Waals surface area contributed by atoms with Crippen LogP contribution in [-0.4, -0.2) is 19.6 Å². The van der Waals surface area contributed by atoms with Crippen LogP contribution in [-0.2, 0) is 0 Å². The Balaban J connectivity index is 2.00. The first-order chi connectivity index (χ1) is 8.74. The van der Waals surface area contributed by atoms with Gasteiger partial charge in [0.2, 0.25) is 0 Å². The molecule has 0 aliphatic carbocycles. The normalized spacial score (nSPS) is 10.9. The molecule has 1 aromatic carbocycles. The first-order valence-electron chi connectivity index (χ1n) is 5.19. The topological polar surface area (TPSA) is 89.1 Å². The van der Waals surface area contributed by atoms with Gasteiger partial charge in [0.1, 0.15) is 11.4 Å². The second kappa shape index (κ2) is 4.19. The third-order valence-corrected chi connectivity index (χ3v) is 3.44. The first-order valence-corrected chi connectivity index (χ1v) is 6.01. The molecule has 0 spiro atoms. The highest BCUT2D eigenvalue weighted by atomic mass is 32.2. The number of benzene rings is 1. The van der Waals surface area contributed by atoms with Crippen molar-refractivity contribution in [3.05, 3.63) is 47.1 Å². The Kier molecular flexibility index (Phi) is 2.52. The summed E-state index contributed by atoms with van der Waals surface area (Å²) in [6, 6.07) is 9.27. The first kappa shape index (κ1) is 10.8. The molecule has 90 valence electrons. The van der Waals surface area contributed by atoms with Crippen molar-refractivity contribution in [3.63, 3.8) is 0 Å². The molecule has 0 atom stereocenters. The third kappa shape index (κ3) is 1.84. The van der Waals surface area contributed by atoms with Gasteiger partial charge in [-0.3, -0.25) is 0 Å². The number of fused-ring (bicyclic) bond motifs is 1. The summed E-state index contributed by atoms with van der Waals surface area (Å²) >= 11 is 1.43. The van der Waals surface area contributed by atoms with Crippen molar-refractivity contribution >= 4 is 23.1 Å². The molecule has 0 bridgehead atoms. The lowest BCUT2D eigenvalue weighted by Crippen LogP contribution is -2.09. The maximum Gasteiger partial charge on any atom is 0.348 e. The van der Waals surface area contributed by atoms with Gasteiger partial charge in [-0.15, -0.1) is 0 Å². The van der Waals surface area contributed by atoms with E-state index in [9.17, 15) is 4.79 Å². The van der Waals surface area contributed by atoms with E-state index in [2.05, 4.69) is 15.2 Å². The van der Waals surface area contributed by atoms with Crippen LogP contribution in [0.2, 0.25) is 0 Å². The molecular formula is C11H9N5OS. The number of nitrogens with two attached hydrogens (primary N) is 1. The number of aromatic amines is 1. The molecule has 2 aromatic heterocycles. The predicted octanol–water partition coefficient (Wildman–Crippen LogP) is 1.15. The van der Waals surface area contributed by atoms with Crippen LogP contribution in [0.25, 0.3) is 5.65 Å². The number of anilines is 1. The minimum absolute atomic E-state index is 0.298. The third-order valence-electron chi connectivity index (χ3n) is 2.42. The SMILES string of the molecule is Nc1ccccc1Sc1cc2n[nH]c(=O)n2cn1. The number of aromatic nitrogens is 4. The van der Waals surface area contributed by atoms with E-state index in [1.54, 1.807) is 6.07 Å². The van der Waals surface area contributed by atoms with Crippen LogP contribution < -0.4 is 11.4 Å². The van der Waals surface area contributed by atoms with Gasteiger partial charge in [0.25, 0.3) is 0 Å². The Bertz CT molecular complexity index is 763. The lowest BCUT2D eigenvalue weighted by atomic mass is 10.3. The highest BCUT2D eigenvalue weighted by molar-refractivity contribution is 7.99. The van der Waals surface area contributed by atoms with Crippen molar-refractivity contribution < 1.29 is 0 Å². The van der Waals surface area contributed by atoms with Gasteiger partial charge in [-0.2, -0.15) is 5.10 Å². The maximum absolute atomic E-state index is 11.3. The second-order valence-corrected chi connectivity index (χ2v) is 4.69. The van der Waals surface area contributed by atoms with E-state index in [0.717, 1.165) is 9.92 Å². The van der Waals surface area contributed by atoms with Gasteiger partial charge in [-0.1, -0.05) is 23.9 Å². The number of nitrogen functional groups attached to an aromatic ring is 1. The van der Waals surface area contributed by atoms with Gasteiger partial charge < -0.3 is 5.73 Å². The van der Waals surface area contributed by atoms with Gasteiger partial charge >= 0.3 is 5.69 Å². The number of rotatable bonds is 2. The smallest absolute Gasteiger partial charge is 0.348 e. The molecule has 0 amide bonds. The monoisotopic (exact) mass is 259 g/mol. The highest BCUT2D eigenvalue weighted by Crippen LogP contribution is 2.30. The molecule has 6 nitrogen and oxygen atoms in total. The summed E-state index contributed by atoms with van der Waals surface area (Å²) < 4.78 is 1.35. The maximum atomic E-state index is 11.3. The number of hydrogen-bond donors (Lipinski definition) is 2. The fourth-order valence-electron chi connectivity index (χ4n) is 1.53. The molecule has 0 saturated carbocycles. The van der Waals surface area contributed by atoms with Crippen LogP contribution >= 0.6 is 11.8 Å². The number of nitrogens with zero attached hydrogens (tertiary/aromatic N) is 3.